The lowest BCUT2D eigenvalue weighted by Crippen LogP contribution is -2.25. The van der Waals surface area contributed by atoms with Gasteiger partial charge in [-0.25, -0.2) is 0 Å². The maximum atomic E-state index is 11.6. The molecule has 18 heavy (non-hydrogen) atoms. The Hall–Kier alpha value is -1.35. The van der Waals surface area contributed by atoms with Crippen molar-refractivity contribution in [3.63, 3.8) is 0 Å². The molecular formula is C15H22N2O. The predicted octanol–water partition coefficient (Wildman–Crippen LogP) is 2.76. The summed E-state index contributed by atoms with van der Waals surface area (Å²) in [6, 6.07) is 6.36. The van der Waals surface area contributed by atoms with Gasteiger partial charge in [0.2, 0.25) is 5.91 Å². The van der Waals surface area contributed by atoms with E-state index in [1.165, 1.54) is 11.1 Å². The van der Waals surface area contributed by atoms with Crippen LogP contribution in [0.2, 0.25) is 0 Å². The molecule has 1 heterocycles. The minimum atomic E-state index is 0.101. The third-order valence-corrected chi connectivity index (χ3v) is 3.58. The van der Waals surface area contributed by atoms with Crippen molar-refractivity contribution < 1.29 is 4.79 Å². The van der Waals surface area contributed by atoms with E-state index >= 15 is 0 Å². The Bertz CT molecular complexity index is 460. The van der Waals surface area contributed by atoms with Gasteiger partial charge < -0.3 is 11.1 Å². The molecule has 0 fully saturated rings. The van der Waals surface area contributed by atoms with Crippen molar-refractivity contribution in [1.82, 2.24) is 0 Å². The third-order valence-electron chi connectivity index (χ3n) is 3.58. The van der Waals surface area contributed by atoms with Gasteiger partial charge in [-0.1, -0.05) is 32.9 Å². The molecule has 1 aromatic carbocycles. The molecule has 1 unspecified atom stereocenters. The summed E-state index contributed by atoms with van der Waals surface area (Å²) < 4.78 is 0. The van der Waals surface area contributed by atoms with Gasteiger partial charge in [-0.3, -0.25) is 4.79 Å². The van der Waals surface area contributed by atoms with Crippen LogP contribution < -0.4 is 11.1 Å². The number of benzene rings is 1. The van der Waals surface area contributed by atoms with E-state index in [-0.39, 0.29) is 17.2 Å². The Morgan fingerprint density at radius 2 is 2.11 bits per heavy atom. The summed E-state index contributed by atoms with van der Waals surface area (Å²) in [6.07, 6.45) is 1.42. The summed E-state index contributed by atoms with van der Waals surface area (Å²) >= 11 is 0. The Labute approximate surface area is 109 Å². The lowest BCUT2D eigenvalue weighted by Gasteiger charge is -2.28. The highest BCUT2D eigenvalue weighted by atomic mass is 16.1. The maximum Gasteiger partial charge on any atom is 0.224 e. The molecule has 0 aromatic heterocycles. The quantitative estimate of drug-likeness (QED) is 0.843. The fourth-order valence-corrected chi connectivity index (χ4v) is 2.47. The van der Waals surface area contributed by atoms with E-state index in [9.17, 15) is 4.79 Å². The smallest absolute Gasteiger partial charge is 0.224 e. The number of hydrogen-bond donors (Lipinski definition) is 2. The average molecular weight is 246 g/mol. The summed E-state index contributed by atoms with van der Waals surface area (Å²) in [5, 5.41) is 2.95. The zero-order valence-electron chi connectivity index (χ0n) is 11.4. The van der Waals surface area contributed by atoms with Gasteiger partial charge in [-0.15, -0.1) is 0 Å². The van der Waals surface area contributed by atoms with Gasteiger partial charge in [-0.2, -0.15) is 0 Å². The molecule has 0 saturated carbocycles. The van der Waals surface area contributed by atoms with E-state index in [2.05, 4.69) is 38.2 Å². The Morgan fingerprint density at radius 3 is 2.72 bits per heavy atom. The van der Waals surface area contributed by atoms with E-state index in [0.717, 1.165) is 12.1 Å². The van der Waals surface area contributed by atoms with Gasteiger partial charge in [0, 0.05) is 12.1 Å². The van der Waals surface area contributed by atoms with Crippen LogP contribution in [0, 0.1) is 0 Å². The first-order valence-electron chi connectivity index (χ1n) is 6.56. The number of nitrogens with one attached hydrogen (secondary N) is 1. The number of carbonyl (C=O) groups is 1. The van der Waals surface area contributed by atoms with Gasteiger partial charge in [0.05, 0.1) is 0 Å². The van der Waals surface area contributed by atoms with Crippen molar-refractivity contribution >= 4 is 11.6 Å². The molecule has 98 valence electrons. The summed E-state index contributed by atoms with van der Waals surface area (Å²) in [5.41, 5.74) is 9.29. The van der Waals surface area contributed by atoms with Crippen LogP contribution in [-0.2, 0) is 10.2 Å². The highest BCUT2D eigenvalue weighted by molar-refractivity contribution is 5.94. The first-order valence-corrected chi connectivity index (χ1v) is 6.56. The molecule has 1 atom stereocenters. The molecule has 3 heteroatoms. The number of rotatable bonds is 2. The average Bonchev–Trinajstić information content (AvgIpc) is 2.27. The van der Waals surface area contributed by atoms with Crippen molar-refractivity contribution in [3.8, 4) is 0 Å². The molecular weight excluding hydrogens is 224 g/mol. The van der Waals surface area contributed by atoms with Gasteiger partial charge in [0.1, 0.15) is 0 Å². The number of anilines is 1. The minimum absolute atomic E-state index is 0.101. The molecule has 1 aromatic rings. The summed E-state index contributed by atoms with van der Waals surface area (Å²) in [4.78, 5) is 11.6. The lowest BCUT2D eigenvalue weighted by molar-refractivity contribution is -0.116. The highest BCUT2D eigenvalue weighted by Crippen LogP contribution is 2.37. The number of hydrogen-bond acceptors (Lipinski definition) is 2. The van der Waals surface area contributed by atoms with Crippen LogP contribution in [0.5, 0.6) is 0 Å². The number of nitrogens with two attached hydrogens (primary N) is 1. The van der Waals surface area contributed by atoms with Gasteiger partial charge >= 0.3 is 0 Å². The predicted molar refractivity (Wildman–Crippen MR) is 74.8 cm³/mol. The zero-order valence-corrected chi connectivity index (χ0v) is 11.4. The molecule has 1 amide bonds. The topological polar surface area (TPSA) is 55.1 Å². The minimum Gasteiger partial charge on any atom is -0.330 e. The Kier molecular flexibility index (Phi) is 3.44. The Morgan fingerprint density at radius 1 is 1.39 bits per heavy atom. The van der Waals surface area contributed by atoms with E-state index in [1.807, 2.05) is 6.07 Å². The third kappa shape index (κ3) is 2.56. The van der Waals surface area contributed by atoms with E-state index < -0.39 is 0 Å². The van der Waals surface area contributed by atoms with Gasteiger partial charge in [0.25, 0.3) is 0 Å². The number of amides is 1. The second-order valence-electron chi connectivity index (χ2n) is 6.08. The van der Waals surface area contributed by atoms with E-state index in [4.69, 9.17) is 5.73 Å². The standard InChI is InChI=1S/C15H22N2O/c1-15(2,3)11-4-5-13-12(9-11)10(6-7-16)8-14(18)17-13/h4-5,9-10H,6-8,16H2,1-3H3,(H,17,18). The van der Waals surface area contributed by atoms with Crippen LogP contribution >= 0.6 is 0 Å². The van der Waals surface area contributed by atoms with E-state index in [0.29, 0.717) is 13.0 Å². The normalized spacial score (nSPS) is 19.3. The van der Waals surface area contributed by atoms with Crippen LogP contribution in [0.4, 0.5) is 5.69 Å². The van der Waals surface area contributed by atoms with Crippen LogP contribution in [-0.4, -0.2) is 12.5 Å². The molecule has 1 aliphatic rings. The molecule has 0 radical (unpaired) electrons. The Balaban J connectivity index is 2.42. The van der Waals surface area contributed by atoms with Gasteiger partial charge in [0.15, 0.2) is 0 Å². The largest absolute Gasteiger partial charge is 0.330 e. The lowest BCUT2D eigenvalue weighted by atomic mass is 9.81. The van der Waals surface area contributed by atoms with Crippen molar-refractivity contribution in [2.75, 3.05) is 11.9 Å². The van der Waals surface area contributed by atoms with Crippen LogP contribution in [0.25, 0.3) is 0 Å². The monoisotopic (exact) mass is 246 g/mol. The highest BCUT2D eigenvalue weighted by Gasteiger charge is 2.26. The van der Waals surface area contributed by atoms with Crippen LogP contribution in [0.15, 0.2) is 18.2 Å². The summed E-state index contributed by atoms with van der Waals surface area (Å²) in [5.74, 6) is 0.366. The van der Waals surface area contributed by atoms with Crippen molar-refractivity contribution in [2.45, 2.75) is 44.9 Å². The first kappa shape index (κ1) is 13.1. The number of carbonyl (C=O) groups excluding carboxylic acids is 1. The maximum absolute atomic E-state index is 11.6. The molecule has 0 spiro atoms. The van der Waals surface area contributed by atoms with Crippen molar-refractivity contribution in [3.05, 3.63) is 29.3 Å². The second-order valence-corrected chi connectivity index (χ2v) is 6.08. The molecule has 0 bridgehead atoms. The summed E-state index contributed by atoms with van der Waals surface area (Å²) in [6.45, 7) is 7.23. The summed E-state index contributed by atoms with van der Waals surface area (Å²) in [7, 11) is 0. The zero-order chi connectivity index (χ0) is 13.3. The molecule has 1 aliphatic heterocycles. The fraction of sp³-hybridized carbons (Fsp3) is 0.533. The fourth-order valence-electron chi connectivity index (χ4n) is 2.47. The first-order chi connectivity index (χ1) is 8.41. The number of fused-ring (bicyclic) bond motifs is 1. The van der Waals surface area contributed by atoms with Crippen LogP contribution in [0.1, 0.15) is 50.7 Å². The SMILES string of the molecule is CC(C)(C)c1ccc2c(c1)C(CCN)CC(=O)N2. The van der Waals surface area contributed by atoms with Crippen LogP contribution in [0.3, 0.4) is 0 Å². The second kappa shape index (κ2) is 4.73. The van der Waals surface area contributed by atoms with Crippen molar-refractivity contribution in [2.24, 2.45) is 5.73 Å². The van der Waals surface area contributed by atoms with Crippen molar-refractivity contribution in [1.29, 1.82) is 0 Å². The molecule has 3 N–H and O–H groups in total. The molecule has 0 aliphatic carbocycles. The molecule has 3 nitrogen and oxygen atoms in total. The van der Waals surface area contributed by atoms with Gasteiger partial charge in [-0.05, 0) is 41.5 Å². The van der Waals surface area contributed by atoms with E-state index in [1.54, 1.807) is 0 Å². The molecule has 0 saturated heterocycles. The molecule has 2 rings (SSSR count).